The minimum absolute atomic E-state index is 0.136. The van der Waals surface area contributed by atoms with Gasteiger partial charge in [-0.05, 0) is 31.2 Å². The summed E-state index contributed by atoms with van der Waals surface area (Å²) in [4.78, 5) is 12.7. The predicted molar refractivity (Wildman–Crippen MR) is 73.5 cm³/mol. The second-order valence-corrected chi connectivity index (χ2v) is 4.90. The van der Waals surface area contributed by atoms with Gasteiger partial charge in [-0.3, -0.25) is 4.79 Å². The van der Waals surface area contributed by atoms with Crippen LogP contribution in [0.25, 0.3) is 0 Å². The van der Waals surface area contributed by atoms with E-state index in [4.69, 9.17) is 5.11 Å². The maximum absolute atomic E-state index is 11.0. The van der Waals surface area contributed by atoms with Crippen LogP contribution >= 0.6 is 0 Å². The van der Waals surface area contributed by atoms with Crippen molar-refractivity contribution in [1.82, 2.24) is 10.2 Å². The molecule has 0 atom stereocenters. The smallest absolute Gasteiger partial charge is 0.323 e. The van der Waals surface area contributed by atoms with Gasteiger partial charge in [0.05, 0.1) is 5.69 Å². The molecule has 6 nitrogen and oxygen atoms in total. The first-order valence-corrected chi connectivity index (χ1v) is 6.89. The Morgan fingerprint density at radius 2 is 2.10 bits per heavy atom. The van der Waals surface area contributed by atoms with E-state index in [2.05, 4.69) is 16.3 Å². The maximum Gasteiger partial charge on any atom is 0.323 e. The molecule has 1 heterocycles. The highest BCUT2D eigenvalue weighted by Gasteiger charge is 2.34. The molecule has 0 unspecified atom stereocenters. The van der Waals surface area contributed by atoms with E-state index in [9.17, 15) is 10.1 Å². The number of carbonyl (C=O) groups is 1. The van der Waals surface area contributed by atoms with Crippen molar-refractivity contribution in [3.8, 4) is 6.07 Å². The summed E-state index contributed by atoms with van der Waals surface area (Å²) in [6.45, 7) is 3.81. The minimum Gasteiger partial charge on any atom is -0.480 e. The summed E-state index contributed by atoms with van der Waals surface area (Å²) in [7, 11) is 0. The highest BCUT2D eigenvalue weighted by atomic mass is 16.4. The molecule has 106 valence electrons. The van der Waals surface area contributed by atoms with Gasteiger partial charge in [-0.25, -0.2) is 0 Å². The molecule has 2 rings (SSSR count). The molecule has 0 bridgehead atoms. The number of carboxylic acids is 1. The number of aromatic nitrogens is 2. The lowest BCUT2D eigenvalue weighted by molar-refractivity contribution is -0.135. The Kier molecular flexibility index (Phi) is 4.18. The lowest BCUT2D eigenvalue weighted by atomic mass is 10.0. The second-order valence-electron chi connectivity index (χ2n) is 4.90. The molecule has 20 heavy (non-hydrogen) atoms. The number of hydrogen-bond donors (Lipinski definition) is 1. The largest absolute Gasteiger partial charge is 0.480 e. The molecule has 6 heteroatoms. The van der Waals surface area contributed by atoms with Crippen LogP contribution in [0.1, 0.15) is 43.5 Å². The Bertz CT molecular complexity index is 561. The summed E-state index contributed by atoms with van der Waals surface area (Å²) in [6.07, 6.45) is 3.29. The first-order chi connectivity index (χ1) is 9.62. The van der Waals surface area contributed by atoms with Gasteiger partial charge in [0.25, 0.3) is 0 Å². The Morgan fingerprint density at radius 1 is 1.40 bits per heavy atom. The highest BCUT2D eigenvalue weighted by Crippen LogP contribution is 2.33. The zero-order valence-corrected chi connectivity index (χ0v) is 11.8. The van der Waals surface area contributed by atoms with Crippen LogP contribution in [0.15, 0.2) is 0 Å². The van der Waals surface area contributed by atoms with E-state index in [-0.39, 0.29) is 12.6 Å². The SMILES string of the molecule is CCc1nnc(N(CC(=O)O)C2CC2)c(C#N)c1CC. The first-order valence-electron chi connectivity index (χ1n) is 6.89. The summed E-state index contributed by atoms with van der Waals surface area (Å²) in [6, 6.07) is 2.36. The molecule has 1 fully saturated rings. The van der Waals surface area contributed by atoms with Gasteiger partial charge in [0.1, 0.15) is 18.2 Å². The van der Waals surface area contributed by atoms with Gasteiger partial charge < -0.3 is 10.0 Å². The van der Waals surface area contributed by atoms with Crippen LogP contribution in [0, 0.1) is 11.3 Å². The molecule has 0 radical (unpaired) electrons. The number of nitriles is 1. The number of carboxylic acid groups (broad SMARTS) is 1. The zero-order valence-electron chi connectivity index (χ0n) is 11.8. The quantitative estimate of drug-likeness (QED) is 0.846. The molecule has 1 aliphatic rings. The van der Waals surface area contributed by atoms with Crippen molar-refractivity contribution in [2.24, 2.45) is 0 Å². The van der Waals surface area contributed by atoms with Gasteiger partial charge in [-0.1, -0.05) is 13.8 Å². The van der Waals surface area contributed by atoms with Crippen molar-refractivity contribution in [3.05, 3.63) is 16.8 Å². The molecular weight excluding hydrogens is 256 g/mol. The Morgan fingerprint density at radius 3 is 2.55 bits per heavy atom. The van der Waals surface area contributed by atoms with Gasteiger partial charge in [0.2, 0.25) is 0 Å². The molecule has 1 aromatic heterocycles. The standard InChI is InChI=1S/C14H18N4O2/c1-3-10-11(7-15)14(17-16-12(10)4-2)18(8-13(19)20)9-5-6-9/h9H,3-6,8H2,1-2H3,(H,19,20). The first kappa shape index (κ1) is 14.3. The molecule has 0 saturated heterocycles. The Labute approximate surface area is 118 Å². The van der Waals surface area contributed by atoms with Gasteiger partial charge in [-0.2, -0.15) is 10.4 Å². The third-order valence-electron chi connectivity index (χ3n) is 3.50. The van der Waals surface area contributed by atoms with Crippen molar-refractivity contribution in [3.63, 3.8) is 0 Å². The fourth-order valence-corrected chi connectivity index (χ4v) is 2.39. The molecule has 0 spiro atoms. The van der Waals surface area contributed by atoms with E-state index in [0.29, 0.717) is 24.2 Å². The van der Waals surface area contributed by atoms with Crippen molar-refractivity contribution in [2.75, 3.05) is 11.4 Å². The maximum atomic E-state index is 11.0. The van der Waals surface area contributed by atoms with Gasteiger partial charge in [-0.15, -0.1) is 5.10 Å². The van der Waals surface area contributed by atoms with Crippen LogP contribution in [0.2, 0.25) is 0 Å². The molecule has 1 aliphatic carbocycles. The summed E-state index contributed by atoms with van der Waals surface area (Å²) in [5.41, 5.74) is 2.18. The third-order valence-corrected chi connectivity index (χ3v) is 3.50. The van der Waals surface area contributed by atoms with E-state index < -0.39 is 5.97 Å². The summed E-state index contributed by atoms with van der Waals surface area (Å²) in [5.74, 6) is -0.494. The number of aliphatic carboxylic acids is 1. The van der Waals surface area contributed by atoms with Gasteiger partial charge in [0, 0.05) is 6.04 Å². The number of hydrogen-bond acceptors (Lipinski definition) is 5. The van der Waals surface area contributed by atoms with Crippen molar-refractivity contribution in [1.29, 1.82) is 5.26 Å². The number of anilines is 1. The van der Waals surface area contributed by atoms with Crippen LogP contribution in [0.4, 0.5) is 5.82 Å². The molecule has 0 aliphatic heterocycles. The van der Waals surface area contributed by atoms with E-state index in [0.717, 1.165) is 24.1 Å². The van der Waals surface area contributed by atoms with Crippen molar-refractivity contribution < 1.29 is 9.90 Å². The summed E-state index contributed by atoms with van der Waals surface area (Å²) >= 11 is 0. The highest BCUT2D eigenvalue weighted by molar-refractivity contribution is 5.75. The molecule has 0 aromatic carbocycles. The van der Waals surface area contributed by atoms with Crippen LogP contribution in [-0.2, 0) is 17.6 Å². The average Bonchev–Trinajstić information content (AvgIpc) is 3.27. The molecule has 1 aromatic rings. The summed E-state index contributed by atoms with van der Waals surface area (Å²) in [5, 5.41) is 26.8. The van der Waals surface area contributed by atoms with Crippen LogP contribution in [0.3, 0.4) is 0 Å². The predicted octanol–water partition coefficient (Wildman–Crippen LogP) is 1.53. The lowest BCUT2D eigenvalue weighted by Gasteiger charge is -2.23. The molecular formula is C14H18N4O2. The monoisotopic (exact) mass is 274 g/mol. The molecule has 1 N–H and O–H groups in total. The van der Waals surface area contributed by atoms with Gasteiger partial charge in [0.15, 0.2) is 5.82 Å². The molecule has 0 amide bonds. The third kappa shape index (κ3) is 2.72. The van der Waals surface area contributed by atoms with Crippen molar-refractivity contribution in [2.45, 2.75) is 45.6 Å². The number of nitrogens with zero attached hydrogens (tertiary/aromatic N) is 4. The Hall–Kier alpha value is -2.16. The van der Waals surface area contributed by atoms with Crippen molar-refractivity contribution >= 4 is 11.8 Å². The number of aryl methyl sites for hydroxylation is 1. The van der Waals surface area contributed by atoms with E-state index in [1.165, 1.54) is 0 Å². The average molecular weight is 274 g/mol. The van der Waals surface area contributed by atoms with E-state index >= 15 is 0 Å². The zero-order chi connectivity index (χ0) is 14.7. The number of rotatable bonds is 6. The summed E-state index contributed by atoms with van der Waals surface area (Å²) < 4.78 is 0. The van der Waals surface area contributed by atoms with Crippen LogP contribution in [-0.4, -0.2) is 33.9 Å². The second kappa shape index (κ2) is 5.87. The van der Waals surface area contributed by atoms with E-state index in [1.54, 1.807) is 4.90 Å². The normalized spacial score (nSPS) is 13.8. The van der Waals surface area contributed by atoms with E-state index in [1.807, 2.05) is 13.8 Å². The lowest BCUT2D eigenvalue weighted by Crippen LogP contribution is -2.33. The fourth-order valence-electron chi connectivity index (χ4n) is 2.39. The Balaban J connectivity index is 2.49. The van der Waals surface area contributed by atoms with Crippen LogP contribution < -0.4 is 4.90 Å². The topological polar surface area (TPSA) is 90.1 Å². The minimum atomic E-state index is -0.916. The molecule has 1 saturated carbocycles. The fraction of sp³-hybridized carbons (Fsp3) is 0.571. The van der Waals surface area contributed by atoms with Crippen LogP contribution in [0.5, 0.6) is 0 Å². The van der Waals surface area contributed by atoms with Gasteiger partial charge >= 0.3 is 5.97 Å².